The molecule has 0 atom stereocenters. The smallest absolute Gasteiger partial charge is 0.267 e. The number of amides is 2. The Morgan fingerprint density at radius 2 is 1.77 bits per heavy atom. The van der Waals surface area contributed by atoms with E-state index in [1.165, 1.54) is 30.3 Å². The topological polar surface area (TPSA) is 126 Å². The van der Waals surface area contributed by atoms with Crippen molar-refractivity contribution in [3.63, 3.8) is 0 Å². The summed E-state index contributed by atoms with van der Waals surface area (Å²) >= 11 is 0. The number of sulfone groups is 1. The number of likely N-dealkylation sites (tertiary alicyclic amines) is 1. The van der Waals surface area contributed by atoms with Gasteiger partial charge in [-0.3, -0.25) is 14.4 Å². The van der Waals surface area contributed by atoms with Crippen molar-refractivity contribution >= 4 is 37.5 Å². The lowest BCUT2D eigenvalue weighted by Gasteiger charge is -2.25. The Hall–Kier alpha value is -3.05. The minimum Gasteiger partial charge on any atom is -0.343 e. The van der Waals surface area contributed by atoms with Gasteiger partial charge in [0.1, 0.15) is 0 Å². The van der Waals surface area contributed by atoms with Gasteiger partial charge < -0.3 is 4.90 Å². The third kappa shape index (κ3) is 4.62. The van der Waals surface area contributed by atoms with Crippen molar-refractivity contribution in [2.45, 2.75) is 42.4 Å². The summed E-state index contributed by atoms with van der Waals surface area (Å²) in [5.41, 5.74) is -0.144. The first-order valence-electron chi connectivity index (χ1n) is 11.4. The molecule has 0 aromatic heterocycles. The highest BCUT2D eigenvalue weighted by molar-refractivity contribution is 7.91. The zero-order valence-corrected chi connectivity index (χ0v) is 20.9. The molecule has 35 heavy (non-hydrogen) atoms. The van der Waals surface area contributed by atoms with Gasteiger partial charge in [-0.25, -0.2) is 21.1 Å². The summed E-state index contributed by atoms with van der Waals surface area (Å²) in [7, 11) is -8.06. The maximum Gasteiger partial charge on any atom is 0.267 e. The highest BCUT2D eigenvalue weighted by Crippen LogP contribution is 2.35. The molecule has 11 heteroatoms. The minimum absolute atomic E-state index is 0.00383. The fourth-order valence-electron chi connectivity index (χ4n) is 4.44. The number of benzene rings is 2. The minimum atomic E-state index is -4.08. The van der Waals surface area contributed by atoms with E-state index in [4.69, 9.17) is 0 Å². The van der Waals surface area contributed by atoms with E-state index in [-0.39, 0.29) is 51.1 Å². The number of sulfonamides is 1. The van der Waals surface area contributed by atoms with Crippen LogP contribution < -0.4 is 0 Å². The zero-order chi connectivity index (χ0) is 25.4. The van der Waals surface area contributed by atoms with Crippen LogP contribution in [-0.4, -0.2) is 69.0 Å². The molecular formula is C24H26N2O7S2. The summed E-state index contributed by atoms with van der Waals surface area (Å²) in [5.74, 6) is -1.59. The number of rotatable bonds is 8. The molecule has 0 spiro atoms. The van der Waals surface area contributed by atoms with Crippen LogP contribution in [0.4, 0.5) is 0 Å². The van der Waals surface area contributed by atoms with E-state index in [0.717, 1.165) is 16.8 Å². The van der Waals surface area contributed by atoms with E-state index in [0.29, 0.717) is 25.9 Å². The SMILES string of the molecule is CCCS(=O)(=O)N(CCCN1CCCC1=O)C(=O)c1ccc2c(c1)S(=O)(=O)c1ccccc1C2=O. The summed E-state index contributed by atoms with van der Waals surface area (Å²) in [6.45, 7) is 2.47. The molecule has 1 saturated heterocycles. The second-order valence-corrected chi connectivity index (χ2v) is 12.5. The first kappa shape index (κ1) is 25.1. The number of carbonyl (C=O) groups is 3. The lowest BCUT2D eigenvalue weighted by molar-refractivity contribution is -0.127. The predicted molar refractivity (Wildman–Crippen MR) is 127 cm³/mol. The molecule has 0 bridgehead atoms. The van der Waals surface area contributed by atoms with Gasteiger partial charge in [-0.05, 0) is 49.6 Å². The van der Waals surface area contributed by atoms with Crippen LogP contribution in [0.15, 0.2) is 52.3 Å². The maximum absolute atomic E-state index is 13.4. The van der Waals surface area contributed by atoms with Crippen molar-refractivity contribution in [2.24, 2.45) is 0 Å². The molecule has 2 heterocycles. The van der Waals surface area contributed by atoms with Crippen molar-refractivity contribution in [2.75, 3.05) is 25.4 Å². The molecule has 0 unspecified atom stereocenters. The van der Waals surface area contributed by atoms with Crippen molar-refractivity contribution in [1.82, 2.24) is 9.21 Å². The third-order valence-corrected chi connectivity index (χ3v) is 9.96. The lowest BCUT2D eigenvalue weighted by atomic mass is 10.0. The maximum atomic E-state index is 13.4. The molecule has 0 saturated carbocycles. The quantitative estimate of drug-likeness (QED) is 0.448. The van der Waals surface area contributed by atoms with Crippen LogP contribution in [0.1, 0.15) is 58.9 Å². The fourth-order valence-corrected chi connectivity index (χ4v) is 7.62. The molecule has 9 nitrogen and oxygen atoms in total. The highest BCUT2D eigenvalue weighted by Gasteiger charge is 2.36. The van der Waals surface area contributed by atoms with Gasteiger partial charge in [0.25, 0.3) is 5.91 Å². The van der Waals surface area contributed by atoms with Gasteiger partial charge in [0.2, 0.25) is 25.8 Å². The number of nitrogens with zero attached hydrogens (tertiary/aromatic N) is 2. The Morgan fingerprint density at radius 1 is 1.06 bits per heavy atom. The van der Waals surface area contributed by atoms with Crippen molar-refractivity contribution < 1.29 is 31.2 Å². The van der Waals surface area contributed by atoms with Gasteiger partial charge in [-0.2, -0.15) is 0 Å². The van der Waals surface area contributed by atoms with Crippen molar-refractivity contribution in [3.05, 3.63) is 59.2 Å². The second kappa shape index (κ2) is 9.54. The summed E-state index contributed by atoms with van der Waals surface area (Å²) in [6.07, 6.45) is 1.76. The average Bonchev–Trinajstić information content (AvgIpc) is 3.24. The molecule has 0 radical (unpaired) electrons. The second-order valence-electron chi connectivity index (χ2n) is 8.57. The molecule has 4 rings (SSSR count). The van der Waals surface area contributed by atoms with Crippen LogP contribution in [0.3, 0.4) is 0 Å². The van der Waals surface area contributed by atoms with E-state index in [1.54, 1.807) is 17.9 Å². The lowest BCUT2D eigenvalue weighted by Crippen LogP contribution is -2.40. The van der Waals surface area contributed by atoms with E-state index >= 15 is 0 Å². The van der Waals surface area contributed by atoms with Crippen LogP contribution in [0.25, 0.3) is 0 Å². The van der Waals surface area contributed by atoms with Crippen LogP contribution in [-0.2, 0) is 24.7 Å². The molecule has 2 aliphatic rings. The van der Waals surface area contributed by atoms with Crippen LogP contribution >= 0.6 is 0 Å². The first-order chi connectivity index (χ1) is 16.6. The largest absolute Gasteiger partial charge is 0.343 e. The molecular weight excluding hydrogens is 492 g/mol. The molecule has 2 aromatic rings. The summed E-state index contributed by atoms with van der Waals surface area (Å²) in [5, 5.41) is 0. The van der Waals surface area contributed by atoms with E-state index in [9.17, 15) is 31.2 Å². The Morgan fingerprint density at radius 3 is 2.46 bits per heavy atom. The van der Waals surface area contributed by atoms with Gasteiger partial charge in [0.15, 0.2) is 5.78 Å². The molecule has 0 aliphatic carbocycles. The fraction of sp³-hybridized carbons (Fsp3) is 0.375. The van der Waals surface area contributed by atoms with Gasteiger partial charge >= 0.3 is 0 Å². The Kier molecular flexibility index (Phi) is 6.83. The van der Waals surface area contributed by atoms with Crippen LogP contribution in [0.5, 0.6) is 0 Å². The predicted octanol–water partition coefficient (Wildman–Crippen LogP) is 2.26. The Bertz CT molecular complexity index is 1420. The number of carbonyl (C=O) groups excluding carboxylic acids is 3. The van der Waals surface area contributed by atoms with Crippen LogP contribution in [0.2, 0.25) is 0 Å². The normalized spacial score (nSPS) is 16.7. The van der Waals surface area contributed by atoms with Gasteiger partial charge in [-0.1, -0.05) is 19.1 Å². The number of hydrogen-bond acceptors (Lipinski definition) is 7. The van der Waals surface area contributed by atoms with Crippen molar-refractivity contribution in [1.29, 1.82) is 0 Å². The standard InChI is InChI=1S/C24H26N2O7S2/c1-2-15-34(30,31)26(14-6-13-25-12-5-9-22(25)27)24(29)17-10-11-19-21(16-17)35(32,33)20-8-4-3-7-18(20)23(19)28/h3-4,7-8,10-11,16H,2,5-6,9,12-15H2,1H3. The Labute approximate surface area is 204 Å². The molecule has 186 valence electrons. The molecule has 2 aromatic carbocycles. The monoisotopic (exact) mass is 518 g/mol. The molecule has 2 amide bonds. The van der Waals surface area contributed by atoms with E-state index in [1.807, 2.05) is 0 Å². The Balaban J connectivity index is 1.66. The van der Waals surface area contributed by atoms with E-state index in [2.05, 4.69) is 0 Å². The molecule has 1 fully saturated rings. The third-order valence-electron chi connectivity index (χ3n) is 6.17. The summed E-state index contributed by atoms with van der Waals surface area (Å²) in [4.78, 5) is 39.3. The average molecular weight is 519 g/mol. The summed E-state index contributed by atoms with van der Waals surface area (Å²) in [6, 6.07) is 9.46. The van der Waals surface area contributed by atoms with Gasteiger partial charge in [0.05, 0.1) is 15.5 Å². The van der Waals surface area contributed by atoms with Gasteiger partial charge in [-0.15, -0.1) is 0 Å². The zero-order valence-electron chi connectivity index (χ0n) is 19.3. The molecule has 0 N–H and O–H groups in total. The van der Waals surface area contributed by atoms with Crippen LogP contribution in [0, 0.1) is 0 Å². The van der Waals surface area contributed by atoms with Crippen molar-refractivity contribution in [3.8, 4) is 0 Å². The molecule has 2 aliphatic heterocycles. The number of hydrogen-bond donors (Lipinski definition) is 0. The first-order valence-corrected chi connectivity index (χ1v) is 14.5. The van der Waals surface area contributed by atoms with Gasteiger partial charge in [0, 0.05) is 42.7 Å². The number of fused-ring (bicyclic) bond motifs is 2. The summed E-state index contributed by atoms with van der Waals surface area (Å²) < 4.78 is 53.0. The van der Waals surface area contributed by atoms with E-state index < -0.39 is 31.6 Å². The highest BCUT2D eigenvalue weighted by atomic mass is 32.2. The number of ketones is 1.